The van der Waals surface area contributed by atoms with Crippen molar-refractivity contribution in [3.8, 4) is 0 Å². The number of hydrogen-bond acceptors (Lipinski definition) is 4. The highest BCUT2D eigenvalue weighted by Crippen LogP contribution is 2.20. The Morgan fingerprint density at radius 1 is 1.18 bits per heavy atom. The van der Waals surface area contributed by atoms with E-state index in [4.69, 9.17) is 0 Å². The van der Waals surface area contributed by atoms with E-state index < -0.39 is 36.8 Å². The topological polar surface area (TPSA) is 84.5 Å². The predicted octanol–water partition coefficient (Wildman–Crippen LogP) is 0.0394. The van der Waals surface area contributed by atoms with Crippen LogP contribution >= 0.6 is 0 Å². The molecular formula is C8H11F3N2O4. The highest BCUT2D eigenvalue weighted by Gasteiger charge is 2.28. The van der Waals surface area contributed by atoms with Crippen LogP contribution in [0.4, 0.5) is 13.2 Å². The van der Waals surface area contributed by atoms with Gasteiger partial charge in [0.1, 0.15) is 0 Å². The third kappa shape index (κ3) is 8.05. The molecular weight excluding hydrogens is 245 g/mol. The predicted molar refractivity (Wildman–Crippen MR) is 48.2 cm³/mol. The zero-order valence-electron chi connectivity index (χ0n) is 8.89. The summed E-state index contributed by atoms with van der Waals surface area (Å²) >= 11 is 0. The van der Waals surface area contributed by atoms with E-state index in [1.807, 2.05) is 0 Å². The summed E-state index contributed by atoms with van der Waals surface area (Å²) < 4.78 is 39.4. The van der Waals surface area contributed by atoms with Gasteiger partial charge in [-0.15, -0.1) is 0 Å². The van der Waals surface area contributed by atoms with Gasteiger partial charge in [-0.1, -0.05) is 0 Å². The fraction of sp³-hybridized carbons (Fsp3) is 0.625. The van der Waals surface area contributed by atoms with E-state index in [1.54, 1.807) is 10.9 Å². The van der Waals surface area contributed by atoms with E-state index in [2.05, 4.69) is 4.74 Å². The van der Waals surface area contributed by atoms with E-state index in [1.165, 1.54) is 6.92 Å². The van der Waals surface area contributed by atoms with Crippen molar-refractivity contribution < 1.29 is 32.3 Å². The largest absolute Gasteiger partial charge is 0.459 e. The number of carbonyl (C=O) groups is 3. The second kappa shape index (κ2) is 6.71. The molecule has 0 unspecified atom stereocenters. The zero-order valence-corrected chi connectivity index (χ0v) is 8.89. The summed E-state index contributed by atoms with van der Waals surface area (Å²) in [5.41, 5.74) is 3.28. The van der Waals surface area contributed by atoms with Crippen molar-refractivity contribution in [2.75, 3.05) is 6.61 Å². The quantitative estimate of drug-likeness (QED) is 0.424. The van der Waals surface area contributed by atoms with Crippen LogP contribution in [-0.2, 0) is 19.1 Å². The molecule has 0 aromatic carbocycles. The van der Waals surface area contributed by atoms with Crippen LogP contribution in [0.15, 0.2) is 0 Å². The Kier molecular flexibility index (Phi) is 6.00. The molecule has 0 aromatic heterocycles. The third-order valence-electron chi connectivity index (χ3n) is 1.41. The number of nitrogens with one attached hydrogen (secondary N) is 2. The lowest BCUT2D eigenvalue weighted by molar-refractivity contribution is -0.155. The van der Waals surface area contributed by atoms with Gasteiger partial charge in [0.25, 0.3) is 0 Å². The van der Waals surface area contributed by atoms with Crippen molar-refractivity contribution in [1.29, 1.82) is 0 Å². The van der Waals surface area contributed by atoms with E-state index >= 15 is 0 Å². The Balaban J connectivity index is 3.85. The van der Waals surface area contributed by atoms with E-state index in [0.29, 0.717) is 0 Å². The molecule has 0 saturated heterocycles. The van der Waals surface area contributed by atoms with Gasteiger partial charge in [-0.25, -0.2) is 4.79 Å². The fourth-order valence-electron chi connectivity index (χ4n) is 0.692. The number of carbonyl (C=O) groups excluding carboxylic acids is 3. The Labute approximate surface area is 94.5 Å². The van der Waals surface area contributed by atoms with Crippen molar-refractivity contribution >= 4 is 17.8 Å². The minimum Gasteiger partial charge on any atom is -0.459 e. The van der Waals surface area contributed by atoms with Crippen LogP contribution < -0.4 is 10.9 Å². The van der Waals surface area contributed by atoms with Crippen LogP contribution in [0.1, 0.15) is 19.8 Å². The highest BCUT2D eigenvalue weighted by molar-refractivity contribution is 6.32. The molecule has 2 N–H and O–H groups in total. The maximum atomic E-state index is 11.7. The first-order valence-electron chi connectivity index (χ1n) is 4.59. The summed E-state index contributed by atoms with van der Waals surface area (Å²) in [4.78, 5) is 32.3. The molecule has 0 fully saturated rings. The molecule has 17 heavy (non-hydrogen) atoms. The van der Waals surface area contributed by atoms with Gasteiger partial charge in [-0.3, -0.25) is 20.4 Å². The van der Waals surface area contributed by atoms with Gasteiger partial charge in [0, 0.05) is 6.42 Å². The zero-order chi connectivity index (χ0) is 13.5. The van der Waals surface area contributed by atoms with Crippen molar-refractivity contribution in [1.82, 2.24) is 10.9 Å². The SMILES string of the molecule is CCOC(=O)C(=O)NNC(=O)CCC(F)(F)F. The molecule has 6 nitrogen and oxygen atoms in total. The number of hydrazine groups is 1. The van der Waals surface area contributed by atoms with Gasteiger partial charge in [-0.2, -0.15) is 13.2 Å². The van der Waals surface area contributed by atoms with Gasteiger partial charge in [0.2, 0.25) is 5.91 Å². The first-order valence-corrected chi connectivity index (χ1v) is 4.59. The Morgan fingerprint density at radius 3 is 2.24 bits per heavy atom. The summed E-state index contributed by atoms with van der Waals surface area (Å²) in [5, 5.41) is 0. The lowest BCUT2D eigenvalue weighted by Crippen LogP contribution is -2.45. The molecule has 0 aromatic rings. The van der Waals surface area contributed by atoms with Crippen molar-refractivity contribution in [3.63, 3.8) is 0 Å². The average Bonchev–Trinajstić information content (AvgIpc) is 2.22. The van der Waals surface area contributed by atoms with Gasteiger partial charge in [-0.05, 0) is 6.92 Å². The smallest absolute Gasteiger partial charge is 0.398 e. The van der Waals surface area contributed by atoms with Crippen molar-refractivity contribution in [3.05, 3.63) is 0 Å². The Morgan fingerprint density at radius 2 is 1.76 bits per heavy atom. The summed E-state index contributed by atoms with van der Waals surface area (Å²) in [6, 6.07) is 0. The second-order valence-corrected chi connectivity index (χ2v) is 2.84. The molecule has 0 aliphatic heterocycles. The lowest BCUT2D eigenvalue weighted by Gasteiger charge is -2.08. The summed E-state index contributed by atoms with van der Waals surface area (Å²) in [7, 11) is 0. The Hall–Kier alpha value is -1.80. The van der Waals surface area contributed by atoms with E-state index in [0.717, 1.165) is 0 Å². The number of halogens is 3. The maximum Gasteiger partial charge on any atom is 0.398 e. The van der Waals surface area contributed by atoms with Crippen LogP contribution in [0.3, 0.4) is 0 Å². The summed E-state index contributed by atoms with van der Waals surface area (Å²) in [5.74, 6) is -3.55. The van der Waals surface area contributed by atoms with Gasteiger partial charge in [0.15, 0.2) is 0 Å². The maximum absolute atomic E-state index is 11.7. The van der Waals surface area contributed by atoms with Gasteiger partial charge >= 0.3 is 18.1 Å². The normalized spacial score (nSPS) is 10.6. The third-order valence-corrected chi connectivity index (χ3v) is 1.41. The van der Waals surface area contributed by atoms with E-state index in [-0.39, 0.29) is 6.61 Å². The summed E-state index contributed by atoms with van der Waals surface area (Å²) in [6.45, 7) is 1.43. The average molecular weight is 256 g/mol. The molecule has 98 valence electrons. The molecule has 0 aliphatic rings. The number of rotatable bonds is 3. The first kappa shape index (κ1) is 15.2. The minimum absolute atomic E-state index is 0.0335. The van der Waals surface area contributed by atoms with Crippen LogP contribution in [0.5, 0.6) is 0 Å². The molecule has 2 amide bonds. The fourth-order valence-corrected chi connectivity index (χ4v) is 0.692. The molecule has 0 radical (unpaired) electrons. The monoisotopic (exact) mass is 256 g/mol. The van der Waals surface area contributed by atoms with Crippen LogP contribution in [0.25, 0.3) is 0 Å². The molecule has 0 atom stereocenters. The molecule has 9 heteroatoms. The standard InChI is InChI=1S/C8H11F3N2O4/c1-2-17-7(16)6(15)13-12-5(14)3-4-8(9,10)11/h2-4H2,1H3,(H,12,14)(H,13,15). The summed E-state index contributed by atoms with van der Waals surface area (Å²) in [6.07, 6.45) is -6.61. The molecule has 0 spiro atoms. The molecule has 0 bridgehead atoms. The number of esters is 1. The highest BCUT2D eigenvalue weighted by atomic mass is 19.4. The second-order valence-electron chi connectivity index (χ2n) is 2.84. The number of alkyl halides is 3. The number of ether oxygens (including phenoxy) is 1. The van der Waals surface area contributed by atoms with Crippen LogP contribution in [-0.4, -0.2) is 30.6 Å². The van der Waals surface area contributed by atoms with Crippen molar-refractivity contribution in [2.45, 2.75) is 25.9 Å². The first-order chi connectivity index (χ1) is 7.76. The van der Waals surface area contributed by atoms with E-state index in [9.17, 15) is 27.6 Å². The van der Waals surface area contributed by atoms with Crippen LogP contribution in [0, 0.1) is 0 Å². The minimum atomic E-state index is -4.46. The Bertz CT molecular complexity index is 304. The molecule has 0 heterocycles. The van der Waals surface area contributed by atoms with Gasteiger partial charge < -0.3 is 4.74 Å². The molecule has 0 aliphatic carbocycles. The lowest BCUT2D eigenvalue weighted by atomic mass is 10.3. The number of amides is 2. The molecule has 0 saturated carbocycles. The number of hydrogen-bond donors (Lipinski definition) is 2. The van der Waals surface area contributed by atoms with Gasteiger partial charge in [0.05, 0.1) is 13.0 Å². The molecule has 0 rings (SSSR count). The van der Waals surface area contributed by atoms with Crippen molar-refractivity contribution in [2.24, 2.45) is 0 Å². The van der Waals surface area contributed by atoms with Crippen LogP contribution in [0.2, 0.25) is 0 Å².